The van der Waals surface area contributed by atoms with Gasteiger partial charge in [-0.15, -0.1) is 0 Å². The average molecular weight is 485 g/mol. The number of hydrogen-bond acceptors (Lipinski definition) is 6. The number of halogens is 1. The Labute approximate surface area is 206 Å². The van der Waals surface area contributed by atoms with E-state index in [2.05, 4.69) is 29.1 Å². The summed E-state index contributed by atoms with van der Waals surface area (Å²) in [6.45, 7) is 7.32. The van der Waals surface area contributed by atoms with Gasteiger partial charge in [-0.3, -0.25) is 4.79 Å². The lowest BCUT2D eigenvalue weighted by Gasteiger charge is -2.54. The number of carbonyl (C=O) groups is 1. The zero-order valence-corrected chi connectivity index (χ0v) is 20.7. The van der Waals surface area contributed by atoms with E-state index in [1.807, 2.05) is 23.1 Å². The van der Waals surface area contributed by atoms with Crippen molar-refractivity contribution in [3.63, 3.8) is 0 Å². The molecule has 2 saturated heterocycles. The van der Waals surface area contributed by atoms with Crippen LogP contribution in [0.15, 0.2) is 36.7 Å². The van der Waals surface area contributed by atoms with Crippen molar-refractivity contribution in [2.75, 3.05) is 31.6 Å². The van der Waals surface area contributed by atoms with Crippen LogP contribution in [0.25, 0.3) is 0 Å². The van der Waals surface area contributed by atoms with Crippen LogP contribution in [0.2, 0.25) is 5.02 Å². The van der Waals surface area contributed by atoms with Gasteiger partial charge in [-0.05, 0) is 69.2 Å². The van der Waals surface area contributed by atoms with Crippen molar-refractivity contribution >= 4 is 23.5 Å². The second kappa shape index (κ2) is 9.34. The van der Waals surface area contributed by atoms with E-state index in [0.717, 1.165) is 56.7 Å². The molecule has 2 aromatic rings. The van der Waals surface area contributed by atoms with Gasteiger partial charge in [0.2, 0.25) is 11.9 Å². The first-order valence-corrected chi connectivity index (χ1v) is 12.6. The Morgan fingerprint density at radius 3 is 2.76 bits per heavy atom. The summed E-state index contributed by atoms with van der Waals surface area (Å²) in [6.07, 6.45) is 7.69. The third-order valence-corrected chi connectivity index (χ3v) is 7.96. The van der Waals surface area contributed by atoms with Crippen molar-refractivity contribution in [2.24, 2.45) is 11.3 Å². The van der Waals surface area contributed by atoms with E-state index >= 15 is 0 Å². The number of likely N-dealkylation sites (tertiary alicyclic amines) is 1. The van der Waals surface area contributed by atoms with Gasteiger partial charge in [0, 0.05) is 55.0 Å². The lowest BCUT2D eigenvalue weighted by Crippen LogP contribution is -2.54. The predicted octanol–water partition coefficient (Wildman–Crippen LogP) is 4.88. The normalized spacial score (nSPS) is 24.6. The van der Waals surface area contributed by atoms with Crippen LogP contribution in [0.1, 0.15) is 57.6 Å². The smallest absolute Gasteiger partial charge is 0.222 e. The van der Waals surface area contributed by atoms with Crippen LogP contribution in [0.5, 0.6) is 5.75 Å². The van der Waals surface area contributed by atoms with Gasteiger partial charge >= 0.3 is 0 Å². The number of fused-ring (bicyclic) bond motifs is 3. The maximum atomic E-state index is 12.8. The van der Waals surface area contributed by atoms with Crippen LogP contribution < -0.4 is 10.1 Å². The molecule has 0 aliphatic carbocycles. The summed E-state index contributed by atoms with van der Waals surface area (Å²) >= 11 is 6.28. The minimum absolute atomic E-state index is 0.00355. The van der Waals surface area contributed by atoms with Gasteiger partial charge in [0.15, 0.2) is 0 Å². The number of benzene rings is 1. The number of aromatic nitrogens is 2. The van der Waals surface area contributed by atoms with E-state index in [1.165, 1.54) is 0 Å². The van der Waals surface area contributed by atoms with Gasteiger partial charge in [0.05, 0.1) is 12.7 Å². The highest BCUT2D eigenvalue weighted by Gasteiger charge is 2.52. The lowest BCUT2D eigenvalue weighted by atomic mass is 9.64. The molecule has 3 aliphatic rings. The van der Waals surface area contributed by atoms with Gasteiger partial charge in [-0.1, -0.05) is 11.6 Å². The largest absolute Gasteiger partial charge is 0.487 e. The Morgan fingerprint density at radius 1 is 1.24 bits per heavy atom. The monoisotopic (exact) mass is 484 g/mol. The van der Waals surface area contributed by atoms with Crippen molar-refractivity contribution in [3.8, 4) is 5.75 Å². The van der Waals surface area contributed by atoms with Crippen molar-refractivity contribution in [1.29, 1.82) is 0 Å². The molecule has 1 aromatic heterocycles. The molecule has 34 heavy (non-hydrogen) atoms. The molecule has 7 nitrogen and oxygen atoms in total. The molecule has 8 heteroatoms. The summed E-state index contributed by atoms with van der Waals surface area (Å²) in [5, 5.41) is 3.88. The summed E-state index contributed by atoms with van der Waals surface area (Å²) in [5.41, 5.74) is 0.844. The van der Waals surface area contributed by atoms with Crippen LogP contribution in [0.3, 0.4) is 0 Å². The van der Waals surface area contributed by atoms with Crippen LogP contribution in [-0.2, 0) is 9.53 Å². The minimum Gasteiger partial charge on any atom is -0.487 e. The predicted molar refractivity (Wildman–Crippen MR) is 131 cm³/mol. The van der Waals surface area contributed by atoms with Gasteiger partial charge < -0.3 is 19.7 Å². The number of carbonyl (C=O) groups excluding carboxylic acids is 1. The number of hydrogen-bond donors (Lipinski definition) is 1. The molecular weight excluding hydrogens is 452 g/mol. The third-order valence-electron chi connectivity index (χ3n) is 7.72. The van der Waals surface area contributed by atoms with Crippen molar-refractivity contribution in [1.82, 2.24) is 14.9 Å². The van der Waals surface area contributed by atoms with Crippen LogP contribution >= 0.6 is 11.6 Å². The first-order valence-electron chi connectivity index (χ1n) is 12.2. The molecule has 182 valence electrons. The fraction of sp³-hybridized carbons (Fsp3) is 0.577. The molecule has 5 rings (SSSR count). The quantitative estimate of drug-likeness (QED) is 0.609. The number of nitrogens with zero attached hydrogens (tertiary/aromatic N) is 3. The molecule has 3 aliphatic heterocycles. The van der Waals surface area contributed by atoms with E-state index < -0.39 is 0 Å². The fourth-order valence-corrected chi connectivity index (χ4v) is 5.87. The zero-order chi connectivity index (χ0) is 23.8. The number of anilines is 1. The molecule has 0 unspecified atom stereocenters. The summed E-state index contributed by atoms with van der Waals surface area (Å²) < 4.78 is 13.0. The second-order valence-electron chi connectivity index (χ2n) is 10.4. The number of rotatable bonds is 5. The number of amides is 1. The molecule has 2 atom stereocenters. The molecule has 0 radical (unpaired) electrons. The Morgan fingerprint density at radius 2 is 2.00 bits per heavy atom. The molecule has 1 amide bonds. The first-order chi connectivity index (χ1) is 16.4. The lowest BCUT2D eigenvalue weighted by molar-refractivity contribution is -0.176. The standard InChI is InChI=1S/C26H33ClN4O3/c1-25(2)20-16-26(17-33-23(20)19-15-18(27)6-7-21(19)34-25)8-13-31(14-9-26)22(32)5-3-10-28-24-29-11-4-12-30-24/h4,6-7,11-12,15,20,23H,3,5,8-10,13-14,16-17H2,1-2H3,(H,28,29,30)/t20-,23+/m0/s1. The average Bonchev–Trinajstić information content (AvgIpc) is 2.83. The highest BCUT2D eigenvalue weighted by molar-refractivity contribution is 6.30. The first kappa shape index (κ1) is 23.4. The Kier molecular flexibility index (Phi) is 6.42. The molecule has 0 saturated carbocycles. The Hall–Kier alpha value is -2.38. The molecular formula is C26H33ClN4O3. The van der Waals surface area contributed by atoms with Gasteiger partial charge in [0.1, 0.15) is 11.4 Å². The highest BCUT2D eigenvalue weighted by Crippen LogP contribution is 2.55. The zero-order valence-electron chi connectivity index (χ0n) is 19.9. The Balaban J connectivity index is 1.15. The van der Waals surface area contributed by atoms with Crippen LogP contribution in [0.4, 0.5) is 5.95 Å². The SMILES string of the molecule is CC1(C)Oc2ccc(Cl)cc2[C@H]2OCC3(CCN(C(=O)CCCNc4ncccn4)CC3)C[C@@H]21. The number of piperidine rings is 1. The summed E-state index contributed by atoms with van der Waals surface area (Å²) in [4.78, 5) is 23.1. The van der Waals surface area contributed by atoms with Crippen LogP contribution in [-0.4, -0.2) is 52.6 Å². The molecule has 0 bridgehead atoms. The molecule has 4 heterocycles. The summed E-state index contributed by atoms with van der Waals surface area (Å²) in [7, 11) is 0. The molecule has 2 fully saturated rings. The van der Waals surface area contributed by atoms with E-state index in [0.29, 0.717) is 23.9 Å². The van der Waals surface area contributed by atoms with Crippen molar-refractivity contribution < 1.29 is 14.3 Å². The van der Waals surface area contributed by atoms with Gasteiger partial charge in [0.25, 0.3) is 0 Å². The third kappa shape index (κ3) is 4.73. The topological polar surface area (TPSA) is 76.6 Å². The Bertz CT molecular complexity index is 1020. The molecule has 1 spiro atoms. The van der Waals surface area contributed by atoms with Gasteiger partial charge in [-0.2, -0.15) is 0 Å². The highest BCUT2D eigenvalue weighted by atomic mass is 35.5. The maximum Gasteiger partial charge on any atom is 0.222 e. The molecule has 1 N–H and O–H groups in total. The van der Waals surface area contributed by atoms with Gasteiger partial charge in [-0.25, -0.2) is 9.97 Å². The van der Waals surface area contributed by atoms with E-state index in [1.54, 1.807) is 18.5 Å². The molecule has 1 aromatic carbocycles. The van der Waals surface area contributed by atoms with Crippen molar-refractivity contribution in [3.05, 3.63) is 47.2 Å². The van der Waals surface area contributed by atoms with Crippen LogP contribution in [0, 0.1) is 11.3 Å². The van der Waals surface area contributed by atoms with E-state index in [-0.39, 0.29) is 28.9 Å². The minimum atomic E-state index is -0.318. The fourth-order valence-electron chi connectivity index (χ4n) is 5.69. The van der Waals surface area contributed by atoms with E-state index in [9.17, 15) is 4.79 Å². The maximum absolute atomic E-state index is 12.8. The van der Waals surface area contributed by atoms with E-state index in [4.69, 9.17) is 21.1 Å². The number of nitrogens with one attached hydrogen (secondary N) is 1. The summed E-state index contributed by atoms with van der Waals surface area (Å²) in [5.74, 6) is 1.95. The second-order valence-corrected chi connectivity index (χ2v) is 10.8. The van der Waals surface area contributed by atoms with Crippen molar-refractivity contribution in [2.45, 2.75) is 57.7 Å². The summed E-state index contributed by atoms with van der Waals surface area (Å²) in [6, 6.07) is 7.60. The number of ether oxygens (including phenoxy) is 2.